The number of hydrogen-bond acceptors (Lipinski definition) is 4. The molecule has 5 heteroatoms. The summed E-state index contributed by atoms with van der Waals surface area (Å²) in [6.07, 6.45) is 1.24. The van der Waals surface area contributed by atoms with Crippen molar-refractivity contribution >= 4 is 20.6 Å². The van der Waals surface area contributed by atoms with Gasteiger partial charge in [-0.1, -0.05) is 80.6 Å². The van der Waals surface area contributed by atoms with E-state index in [9.17, 15) is 8.42 Å². The highest BCUT2D eigenvalue weighted by Crippen LogP contribution is 2.37. The minimum atomic E-state index is -3.25. The number of benzene rings is 4. The topological polar surface area (TPSA) is 46.6 Å². The van der Waals surface area contributed by atoms with Gasteiger partial charge in [0, 0.05) is 18.7 Å². The van der Waals surface area contributed by atoms with Crippen molar-refractivity contribution in [1.82, 2.24) is 4.90 Å². The van der Waals surface area contributed by atoms with E-state index in [4.69, 9.17) is 4.74 Å². The summed E-state index contributed by atoms with van der Waals surface area (Å²) in [6.45, 7) is 7.91. The monoisotopic (exact) mass is 487 g/mol. The van der Waals surface area contributed by atoms with Crippen LogP contribution in [0.3, 0.4) is 0 Å². The third-order valence-electron chi connectivity index (χ3n) is 6.56. The fraction of sp³-hybridized carbons (Fsp3) is 0.267. The zero-order chi connectivity index (χ0) is 24.8. The summed E-state index contributed by atoms with van der Waals surface area (Å²) in [5.41, 5.74) is 3.36. The molecule has 0 fully saturated rings. The van der Waals surface area contributed by atoms with Crippen LogP contribution >= 0.6 is 0 Å². The lowest BCUT2D eigenvalue weighted by Gasteiger charge is -2.22. The van der Waals surface area contributed by atoms with Gasteiger partial charge in [-0.3, -0.25) is 0 Å². The average molecular weight is 488 g/mol. The molecule has 0 bridgehead atoms. The SMILES string of the molecule is CCN(CC)CCOc1ccc(C(c2ccc(S(C)(=O)=O)cc2)c2cccc3ccccc23)cc1. The van der Waals surface area contributed by atoms with E-state index in [0.717, 1.165) is 36.5 Å². The number of hydrogen-bond donors (Lipinski definition) is 0. The molecule has 0 spiro atoms. The van der Waals surface area contributed by atoms with E-state index in [2.05, 4.69) is 67.3 Å². The molecule has 1 atom stereocenters. The van der Waals surface area contributed by atoms with Gasteiger partial charge in [-0.05, 0) is 64.8 Å². The number of fused-ring (bicyclic) bond motifs is 1. The number of ether oxygens (including phenoxy) is 1. The van der Waals surface area contributed by atoms with Crippen molar-refractivity contribution < 1.29 is 13.2 Å². The normalized spacial score (nSPS) is 12.7. The molecule has 0 aliphatic carbocycles. The predicted octanol–water partition coefficient (Wildman–Crippen LogP) is 6.14. The third kappa shape index (κ3) is 5.92. The van der Waals surface area contributed by atoms with Crippen molar-refractivity contribution in [1.29, 1.82) is 0 Å². The molecule has 0 saturated carbocycles. The van der Waals surface area contributed by atoms with Crippen LogP contribution in [0.15, 0.2) is 95.9 Å². The molecule has 0 radical (unpaired) electrons. The van der Waals surface area contributed by atoms with Crippen LogP contribution in [-0.4, -0.2) is 45.8 Å². The summed E-state index contributed by atoms with van der Waals surface area (Å²) in [4.78, 5) is 2.67. The van der Waals surface area contributed by atoms with Gasteiger partial charge in [0.15, 0.2) is 9.84 Å². The van der Waals surface area contributed by atoms with E-state index >= 15 is 0 Å². The first kappa shape index (κ1) is 25.0. The van der Waals surface area contributed by atoms with Crippen LogP contribution < -0.4 is 4.74 Å². The second kappa shape index (κ2) is 11.1. The maximum atomic E-state index is 12.0. The van der Waals surface area contributed by atoms with E-state index in [1.165, 1.54) is 22.6 Å². The number of rotatable bonds is 10. The average Bonchev–Trinajstić information content (AvgIpc) is 2.88. The molecule has 0 saturated heterocycles. The molecule has 0 aromatic heterocycles. The molecular weight excluding hydrogens is 454 g/mol. The third-order valence-corrected chi connectivity index (χ3v) is 7.69. The molecule has 0 amide bonds. The molecule has 4 nitrogen and oxygen atoms in total. The molecule has 0 aliphatic rings. The van der Waals surface area contributed by atoms with E-state index in [1.54, 1.807) is 12.1 Å². The van der Waals surface area contributed by atoms with Gasteiger partial charge in [-0.15, -0.1) is 0 Å². The van der Waals surface area contributed by atoms with E-state index < -0.39 is 9.84 Å². The Bertz CT molecular complexity index is 1350. The molecule has 0 heterocycles. The fourth-order valence-corrected chi connectivity index (χ4v) is 5.18. The Morgan fingerprint density at radius 3 is 2.00 bits per heavy atom. The van der Waals surface area contributed by atoms with Gasteiger partial charge in [0.1, 0.15) is 12.4 Å². The van der Waals surface area contributed by atoms with Gasteiger partial charge in [-0.25, -0.2) is 8.42 Å². The maximum Gasteiger partial charge on any atom is 0.175 e. The Balaban J connectivity index is 1.70. The summed E-state index contributed by atoms with van der Waals surface area (Å²) in [7, 11) is -3.25. The molecule has 4 aromatic carbocycles. The van der Waals surface area contributed by atoms with Crippen LogP contribution in [0.1, 0.15) is 36.5 Å². The molecule has 4 aromatic rings. The van der Waals surface area contributed by atoms with Crippen molar-refractivity contribution in [3.63, 3.8) is 0 Å². The maximum absolute atomic E-state index is 12.0. The molecule has 0 aliphatic heterocycles. The summed E-state index contributed by atoms with van der Waals surface area (Å²) in [6, 6.07) is 30.3. The van der Waals surface area contributed by atoms with Crippen LogP contribution in [-0.2, 0) is 9.84 Å². The number of nitrogens with zero attached hydrogens (tertiary/aromatic N) is 1. The zero-order valence-electron chi connectivity index (χ0n) is 20.6. The molecular formula is C30H33NO3S. The number of sulfone groups is 1. The fourth-order valence-electron chi connectivity index (χ4n) is 4.55. The first-order valence-electron chi connectivity index (χ1n) is 12.1. The summed E-state index contributed by atoms with van der Waals surface area (Å²) in [5, 5.41) is 2.37. The van der Waals surface area contributed by atoms with E-state index in [0.29, 0.717) is 11.5 Å². The van der Waals surface area contributed by atoms with Crippen LogP contribution in [0.2, 0.25) is 0 Å². The second-order valence-corrected chi connectivity index (χ2v) is 10.8. The first-order chi connectivity index (χ1) is 16.9. The first-order valence-corrected chi connectivity index (χ1v) is 14.0. The van der Waals surface area contributed by atoms with Gasteiger partial charge < -0.3 is 9.64 Å². The lowest BCUT2D eigenvalue weighted by atomic mass is 9.83. The van der Waals surface area contributed by atoms with Gasteiger partial charge in [0.25, 0.3) is 0 Å². The summed E-state index contributed by atoms with van der Waals surface area (Å²) >= 11 is 0. The highest BCUT2D eigenvalue weighted by atomic mass is 32.2. The quantitative estimate of drug-likeness (QED) is 0.252. The lowest BCUT2D eigenvalue weighted by molar-refractivity contribution is 0.223. The Labute approximate surface area is 209 Å². The van der Waals surface area contributed by atoms with Crippen molar-refractivity contribution in [3.05, 3.63) is 108 Å². The molecule has 35 heavy (non-hydrogen) atoms. The summed E-state index contributed by atoms with van der Waals surface area (Å²) < 4.78 is 30.0. The van der Waals surface area contributed by atoms with Gasteiger partial charge in [-0.2, -0.15) is 0 Å². The van der Waals surface area contributed by atoms with Crippen LogP contribution in [0, 0.1) is 0 Å². The Morgan fingerprint density at radius 1 is 0.771 bits per heavy atom. The van der Waals surface area contributed by atoms with Crippen molar-refractivity contribution in [3.8, 4) is 5.75 Å². The van der Waals surface area contributed by atoms with E-state index in [1.807, 2.05) is 30.3 Å². The van der Waals surface area contributed by atoms with E-state index in [-0.39, 0.29) is 5.92 Å². The Kier molecular flexibility index (Phi) is 7.89. The highest BCUT2D eigenvalue weighted by molar-refractivity contribution is 7.90. The standard InChI is InChI=1S/C30H33NO3S/c1-4-31(5-2)21-22-34-26-17-13-24(14-18-26)30(25-15-19-27(20-16-25)35(3,32)33)29-12-8-10-23-9-6-7-11-28(23)29/h6-20,30H,4-5,21-22H2,1-3H3. The van der Waals surface area contributed by atoms with Crippen LogP contribution in [0.4, 0.5) is 0 Å². The van der Waals surface area contributed by atoms with Crippen molar-refractivity contribution in [2.24, 2.45) is 0 Å². The van der Waals surface area contributed by atoms with Crippen LogP contribution in [0.5, 0.6) is 5.75 Å². The minimum absolute atomic E-state index is 0.0422. The Morgan fingerprint density at radius 2 is 1.37 bits per heavy atom. The minimum Gasteiger partial charge on any atom is -0.492 e. The summed E-state index contributed by atoms with van der Waals surface area (Å²) in [5.74, 6) is 0.810. The van der Waals surface area contributed by atoms with Gasteiger partial charge >= 0.3 is 0 Å². The smallest absolute Gasteiger partial charge is 0.175 e. The molecule has 182 valence electrons. The van der Waals surface area contributed by atoms with Crippen LogP contribution in [0.25, 0.3) is 10.8 Å². The molecule has 1 unspecified atom stereocenters. The molecule has 0 N–H and O–H groups in total. The van der Waals surface area contributed by atoms with Gasteiger partial charge in [0.2, 0.25) is 0 Å². The highest BCUT2D eigenvalue weighted by Gasteiger charge is 2.20. The van der Waals surface area contributed by atoms with Crippen molar-refractivity contribution in [2.45, 2.75) is 24.7 Å². The largest absolute Gasteiger partial charge is 0.492 e. The number of likely N-dealkylation sites (N-methyl/N-ethyl adjacent to an activating group) is 1. The lowest BCUT2D eigenvalue weighted by Crippen LogP contribution is -2.27. The second-order valence-electron chi connectivity index (χ2n) is 8.79. The van der Waals surface area contributed by atoms with Gasteiger partial charge in [0.05, 0.1) is 4.90 Å². The van der Waals surface area contributed by atoms with Crippen molar-refractivity contribution in [2.75, 3.05) is 32.5 Å². The Hall–Kier alpha value is -3.15. The zero-order valence-corrected chi connectivity index (χ0v) is 21.5. The predicted molar refractivity (Wildman–Crippen MR) is 144 cm³/mol. The molecule has 4 rings (SSSR count).